The normalized spacial score (nSPS) is 10.4. The number of amides is 1. The van der Waals surface area contributed by atoms with E-state index >= 15 is 0 Å². The molecule has 0 saturated carbocycles. The molecule has 0 fully saturated rings. The van der Waals surface area contributed by atoms with Crippen LogP contribution in [0.5, 0.6) is 5.75 Å². The van der Waals surface area contributed by atoms with Crippen LogP contribution in [0.25, 0.3) is 11.3 Å². The molecular weight excluding hydrogens is 310 g/mol. The van der Waals surface area contributed by atoms with Crippen LogP contribution in [0.2, 0.25) is 0 Å². The lowest BCUT2D eigenvalue weighted by Gasteiger charge is -2.10. The molecule has 122 valence electrons. The highest BCUT2D eigenvalue weighted by molar-refractivity contribution is 6.04. The maximum atomic E-state index is 12.3. The number of aromatic nitrogens is 1. The predicted molar refractivity (Wildman–Crippen MR) is 86.3 cm³/mol. The van der Waals surface area contributed by atoms with E-state index in [4.69, 9.17) is 14.4 Å². The molecule has 4 N–H and O–H groups in total. The van der Waals surface area contributed by atoms with Gasteiger partial charge in [0.25, 0.3) is 5.91 Å². The molecule has 3 rings (SSSR count). The van der Waals surface area contributed by atoms with Crippen molar-refractivity contribution in [3.63, 3.8) is 0 Å². The zero-order valence-corrected chi connectivity index (χ0v) is 12.9. The second-order valence-electron chi connectivity index (χ2n) is 4.99. The molecule has 0 spiro atoms. The summed E-state index contributed by atoms with van der Waals surface area (Å²) in [5.74, 6) is 0.853. The van der Waals surface area contributed by atoms with Gasteiger partial charge in [-0.2, -0.15) is 5.48 Å². The maximum Gasteiger partial charge on any atom is 0.255 e. The Labute approximate surface area is 137 Å². The molecule has 0 atom stereocenters. The lowest BCUT2D eigenvalue weighted by atomic mass is 10.1. The molecule has 7 nitrogen and oxygen atoms in total. The second kappa shape index (κ2) is 6.95. The molecule has 1 aromatic heterocycles. The summed E-state index contributed by atoms with van der Waals surface area (Å²) in [4.78, 5) is 16.2. The van der Waals surface area contributed by atoms with E-state index in [1.165, 1.54) is 6.39 Å². The number of quaternary nitrogens is 1. The molecule has 2 aromatic carbocycles. The van der Waals surface area contributed by atoms with Gasteiger partial charge in [0, 0.05) is 29.4 Å². The Bertz CT molecular complexity index is 847. The number of benzene rings is 2. The van der Waals surface area contributed by atoms with Crippen molar-refractivity contribution in [2.45, 2.75) is 0 Å². The molecule has 0 bridgehead atoms. The first-order valence-electron chi connectivity index (χ1n) is 7.17. The van der Waals surface area contributed by atoms with E-state index in [1.54, 1.807) is 55.8 Å². The number of carbonyl (C=O) groups excluding carboxylic acids is 1. The number of methoxy groups -OCH3 is 1. The minimum atomic E-state index is -0.284. The molecule has 0 radical (unpaired) electrons. The monoisotopic (exact) mass is 326 g/mol. The molecule has 0 aliphatic heterocycles. The summed E-state index contributed by atoms with van der Waals surface area (Å²) < 4.78 is 10.6. The van der Waals surface area contributed by atoms with Crippen LogP contribution >= 0.6 is 0 Å². The van der Waals surface area contributed by atoms with Gasteiger partial charge in [-0.15, -0.1) is 0 Å². The van der Waals surface area contributed by atoms with Crippen LogP contribution in [0.4, 0.5) is 11.4 Å². The zero-order valence-electron chi connectivity index (χ0n) is 12.9. The highest BCUT2D eigenvalue weighted by atomic mass is 16.5. The summed E-state index contributed by atoms with van der Waals surface area (Å²) in [6, 6.07) is 11.9. The summed E-state index contributed by atoms with van der Waals surface area (Å²) in [7, 11) is 1.54. The van der Waals surface area contributed by atoms with E-state index in [-0.39, 0.29) is 5.91 Å². The summed E-state index contributed by atoms with van der Waals surface area (Å²) in [5, 5.41) is 11.8. The van der Waals surface area contributed by atoms with Crippen LogP contribution in [0.1, 0.15) is 10.4 Å². The maximum absolute atomic E-state index is 12.3. The average molecular weight is 326 g/mol. The van der Waals surface area contributed by atoms with Crippen molar-refractivity contribution >= 4 is 17.3 Å². The third-order valence-electron chi connectivity index (χ3n) is 3.46. The fourth-order valence-electron chi connectivity index (χ4n) is 2.28. The number of anilines is 1. The number of nitrogens with one attached hydrogen (secondary N) is 1. The van der Waals surface area contributed by atoms with Crippen LogP contribution < -0.4 is 15.5 Å². The SMILES string of the molecule is COc1cc(NC(=O)c2cccc([NH2+]O)c2)ccc1-c1cnco1. The minimum Gasteiger partial charge on any atom is -0.496 e. The van der Waals surface area contributed by atoms with Gasteiger partial charge in [-0.25, -0.2) is 10.2 Å². The minimum absolute atomic E-state index is 0.284. The average Bonchev–Trinajstić information content (AvgIpc) is 3.16. The topological polar surface area (TPSA) is 101 Å². The smallest absolute Gasteiger partial charge is 0.255 e. The predicted octanol–water partition coefficient (Wildman–Crippen LogP) is 2.19. The van der Waals surface area contributed by atoms with Crippen LogP contribution in [0.3, 0.4) is 0 Å². The number of nitrogens with two attached hydrogens (primary N) is 1. The van der Waals surface area contributed by atoms with Gasteiger partial charge in [-0.3, -0.25) is 4.79 Å². The summed E-state index contributed by atoms with van der Waals surface area (Å²) in [6.07, 6.45) is 2.93. The number of rotatable bonds is 5. The van der Waals surface area contributed by atoms with Crippen LogP contribution in [-0.4, -0.2) is 23.2 Å². The summed E-state index contributed by atoms with van der Waals surface area (Å²) >= 11 is 0. The third kappa shape index (κ3) is 3.27. The van der Waals surface area contributed by atoms with Crippen molar-refractivity contribution in [3.8, 4) is 17.1 Å². The standard InChI is InChI=1S/C17H15N3O4/c1-23-15-8-12(5-6-14(15)16-9-18-10-24-16)19-17(21)11-3-2-4-13(7-11)20-22/h2-10,20,22H,1H3,(H,19,21)/p+1. The Morgan fingerprint density at radius 2 is 2.17 bits per heavy atom. The van der Waals surface area contributed by atoms with E-state index in [0.29, 0.717) is 28.4 Å². The van der Waals surface area contributed by atoms with Gasteiger partial charge in [0.2, 0.25) is 0 Å². The molecule has 1 heterocycles. The first kappa shape index (κ1) is 15.7. The highest BCUT2D eigenvalue weighted by Gasteiger charge is 2.12. The lowest BCUT2D eigenvalue weighted by Crippen LogP contribution is -2.73. The van der Waals surface area contributed by atoms with E-state index in [2.05, 4.69) is 10.3 Å². The molecule has 0 unspecified atom stereocenters. The Morgan fingerprint density at radius 1 is 1.29 bits per heavy atom. The van der Waals surface area contributed by atoms with E-state index in [0.717, 1.165) is 11.0 Å². The van der Waals surface area contributed by atoms with Crippen LogP contribution in [0.15, 0.2) is 59.5 Å². The first-order chi connectivity index (χ1) is 11.7. The van der Waals surface area contributed by atoms with Crippen molar-refractivity contribution in [2.75, 3.05) is 12.4 Å². The van der Waals surface area contributed by atoms with Gasteiger partial charge in [-0.05, 0) is 18.2 Å². The number of nitrogens with zero attached hydrogens (tertiary/aromatic N) is 1. The van der Waals surface area contributed by atoms with Crippen molar-refractivity contribution in [1.82, 2.24) is 4.98 Å². The fourth-order valence-corrected chi connectivity index (χ4v) is 2.28. The molecule has 1 amide bonds. The zero-order chi connectivity index (χ0) is 16.9. The van der Waals surface area contributed by atoms with Gasteiger partial charge >= 0.3 is 0 Å². The highest BCUT2D eigenvalue weighted by Crippen LogP contribution is 2.32. The molecule has 7 heteroatoms. The van der Waals surface area contributed by atoms with Gasteiger partial charge in [0.15, 0.2) is 17.8 Å². The fraction of sp³-hybridized carbons (Fsp3) is 0.0588. The molecule has 0 aliphatic rings. The number of carbonyl (C=O) groups is 1. The summed E-state index contributed by atoms with van der Waals surface area (Å²) in [5.41, 5.74) is 3.27. The van der Waals surface area contributed by atoms with Gasteiger partial charge < -0.3 is 14.5 Å². The molecule has 24 heavy (non-hydrogen) atoms. The third-order valence-corrected chi connectivity index (χ3v) is 3.46. The van der Waals surface area contributed by atoms with Crippen LogP contribution in [0, 0.1) is 0 Å². The Kier molecular flexibility index (Phi) is 4.55. The van der Waals surface area contributed by atoms with Gasteiger partial charge in [0.05, 0.1) is 18.9 Å². The molecular formula is C17H16N3O4+. The van der Waals surface area contributed by atoms with Crippen molar-refractivity contribution in [2.24, 2.45) is 0 Å². The van der Waals surface area contributed by atoms with Crippen molar-refractivity contribution in [1.29, 1.82) is 0 Å². The Balaban J connectivity index is 1.83. The van der Waals surface area contributed by atoms with Gasteiger partial charge in [0.1, 0.15) is 5.75 Å². The van der Waals surface area contributed by atoms with E-state index in [1.807, 2.05) is 0 Å². The van der Waals surface area contributed by atoms with Crippen molar-refractivity contribution < 1.29 is 24.6 Å². The Hall–Kier alpha value is -3.16. The molecule has 0 aliphatic carbocycles. The number of hydrogen-bond donors (Lipinski definition) is 3. The summed E-state index contributed by atoms with van der Waals surface area (Å²) in [6.45, 7) is 0. The number of ether oxygens (including phenoxy) is 1. The molecule has 3 aromatic rings. The van der Waals surface area contributed by atoms with Crippen LogP contribution in [-0.2, 0) is 0 Å². The lowest BCUT2D eigenvalue weighted by molar-refractivity contribution is -0.825. The largest absolute Gasteiger partial charge is 0.496 e. The second-order valence-corrected chi connectivity index (χ2v) is 4.99. The van der Waals surface area contributed by atoms with Gasteiger partial charge in [-0.1, -0.05) is 6.07 Å². The quantitative estimate of drug-likeness (QED) is 0.493. The van der Waals surface area contributed by atoms with E-state index < -0.39 is 0 Å². The van der Waals surface area contributed by atoms with E-state index in [9.17, 15) is 4.79 Å². The Morgan fingerprint density at radius 3 is 2.88 bits per heavy atom. The number of oxazole rings is 1. The first-order valence-corrected chi connectivity index (χ1v) is 7.17. The molecule has 0 saturated heterocycles. The van der Waals surface area contributed by atoms with Crippen molar-refractivity contribution in [3.05, 3.63) is 60.6 Å². The number of hydrogen-bond acceptors (Lipinski definition) is 5.